The third kappa shape index (κ3) is 25.6. The van der Waals surface area contributed by atoms with Gasteiger partial charge in [-0.25, -0.2) is 4.57 Å². The molecular formula is C4H14NO5P. The Hall–Kier alpha value is 0.0300. The van der Waals surface area contributed by atoms with E-state index in [1.54, 1.807) is 0 Å². The van der Waals surface area contributed by atoms with Crippen LogP contribution in [0.25, 0.3) is 0 Å². The highest BCUT2D eigenvalue weighted by Gasteiger charge is 2.10. The first-order valence-corrected chi connectivity index (χ1v) is 4.52. The molecule has 0 spiro atoms. The third-order valence-corrected chi connectivity index (χ3v) is 1.02. The molecule has 0 aliphatic carbocycles. The Morgan fingerprint density at radius 1 is 1.55 bits per heavy atom. The van der Waals surface area contributed by atoms with E-state index >= 15 is 0 Å². The summed E-state index contributed by atoms with van der Waals surface area (Å²) in [5.74, 6) is 0. The molecule has 0 aromatic heterocycles. The zero-order valence-corrected chi connectivity index (χ0v) is 7.20. The molecule has 0 atom stereocenters. The number of nitrogens with two attached hydrogens (primary N) is 1. The molecule has 0 heterocycles. The summed E-state index contributed by atoms with van der Waals surface area (Å²) in [6, 6.07) is 0. The van der Waals surface area contributed by atoms with Crippen molar-refractivity contribution in [3.05, 3.63) is 0 Å². The molecule has 7 heteroatoms. The highest BCUT2D eigenvalue weighted by Crippen LogP contribution is 2.34. The molecule has 0 aromatic rings. The van der Waals surface area contributed by atoms with E-state index in [4.69, 9.17) is 20.6 Å². The van der Waals surface area contributed by atoms with E-state index in [0.29, 0.717) is 6.54 Å². The third-order valence-electron chi connectivity index (χ3n) is 0.426. The van der Waals surface area contributed by atoms with Gasteiger partial charge in [-0.3, -0.25) is 4.52 Å². The Balaban J connectivity index is 0. The lowest BCUT2D eigenvalue weighted by molar-refractivity contribution is 0.206. The molecule has 0 amide bonds. The zero-order chi connectivity index (χ0) is 9.33. The molecule has 0 bridgehead atoms. The van der Waals surface area contributed by atoms with E-state index in [9.17, 15) is 4.57 Å². The summed E-state index contributed by atoms with van der Waals surface area (Å²) >= 11 is 0. The highest BCUT2D eigenvalue weighted by molar-refractivity contribution is 7.46. The van der Waals surface area contributed by atoms with E-state index in [1.165, 1.54) is 6.92 Å². The fraction of sp³-hybridized carbons (Fsp3) is 1.00. The Morgan fingerprint density at radius 2 is 1.91 bits per heavy atom. The van der Waals surface area contributed by atoms with E-state index < -0.39 is 7.82 Å². The Morgan fingerprint density at radius 3 is 1.91 bits per heavy atom. The summed E-state index contributed by atoms with van der Waals surface area (Å²) in [7, 11) is -4.17. The fourth-order valence-electron chi connectivity index (χ4n) is 0.168. The predicted molar refractivity (Wildman–Crippen MR) is 39.8 cm³/mol. The van der Waals surface area contributed by atoms with Crippen LogP contribution in [0.1, 0.15) is 6.92 Å². The minimum atomic E-state index is -4.17. The molecule has 0 aromatic carbocycles. The Kier molecular flexibility index (Phi) is 10.1. The average Bonchev–Trinajstić information content (AvgIpc) is 1.86. The minimum absolute atomic E-state index is 0.0459. The lowest BCUT2D eigenvalue weighted by Crippen LogP contribution is -2.02. The predicted octanol–water partition coefficient (Wildman–Crippen LogP) is -0.947. The quantitative estimate of drug-likeness (QED) is 0.424. The van der Waals surface area contributed by atoms with Crippen LogP contribution in [0.5, 0.6) is 0 Å². The maximum absolute atomic E-state index is 9.70. The van der Waals surface area contributed by atoms with Gasteiger partial charge < -0.3 is 20.6 Å². The van der Waals surface area contributed by atoms with Crippen LogP contribution < -0.4 is 5.73 Å². The van der Waals surface area contributed by atoms with Crippen LogP contribution in [0.3, 0.4) is 0 Å². The smallest absolute Gasteiger partial charge is 0.395 e. The summed E-state index contributed by atoms with van der Waals surface area (Å²) in [4.78, 5) is 15.8. The molecule has 0 fully saturated rings. The van der Waals surface area contributed by atoms with Crippen LogP contribution >= 0.6 is 7.82 Å². The molecule has 0 unspecified atom stereocenters. The van der Waals surface area contributed by atoms with Gasteiger partial charge in [0.15, 0.2) is 0 Å². The van der Waals surface area contributed by atoms with Crippen molar-refractivity contribution in [3.8, 4) is 0 Å². The van der Waals surface area contributed by atoms with Gasteiger partial charge in [0, 0.05) is 6.54 Å². The largest absolute Gasteiger partial charge is 0.469 e. The van der Waals surface area contributed by atoms with Crippen molar-refractivity contribution < 1.29 is 24.0 Å². The second-order valence-corrected chi connectivity index (χ2v) is 2.66. The van der Waals surface area contributed by atoms with Gasteiger partial charge in [-0.2, -0.15) is 0 Å². The number of phosphoric ester groups is 1. The number of hydrogen-bond donors (Lipinski definition) is 4. The van der Waals surface area contributed by atoms with Crippen LogP contribution in [-0.2, 0) is 9.09 Å². The van der Waals surface area contributed by atoms with E-state index in [-0.39, 0.29) is 13.2 Å². The monoisotopic (exact) mass is 187 g/mol. The van der Waals surface area contributed by atoms with Crippen LogP contribution in [0.2, 0.25) is 0 Å². The van der Waals surface area contributed by atoms with Crippen molar-refractivity contribution in [1.82, 2.24) is 0 Å². The van der Waals surface area contributed by atoms with Crippen molar-refractivity contribution in [2.24, 2.45) is 5.73 Å². The van der Waals surface area contributed by atoms with Gasteiger partial charge in [-0.05, 0) is 6.92 Å². The number of phosphoric acid groups is 1. The maximum atomic E-state index is 9.70. The number of rotatable bonds is 3. The van der Waals surface area contributed by atoms with Crippen LogP contribution in [0.4, 0.5) is 0 Å². The first-order chi connectivity index (χ1) is 4.97. The van der Waals surface area contributed by atoms with E-state index in [2.05, 4.69) is 4.52 Å². The molecule has 0 rings (SSSR count). The van der Waals surface area contributed by atoms with Crippen LogP contribution in [0.15, 0.2) is 0 Å². The summed E-state index contributed by atoms with van der Waals surface area (Å²) in [5, 5.41) is 7.75. The normalized spacial score (nSPS) is 10.3. The van der Waals surface area contributed by atoms with Gasteiger partial charge in [0.2, 0.25) is 0 Å². The van der Waals surface area contributed by atoms with Crippen molar-refractivity contribution >= 4 is 7.82 Å². The zero-order valence-electron chi connectivity index (χ0n) is 6.30. The van der Waals surface area contributed by atoms with Crippen LogP contribution in [0, 0.1) is 0 Å². The van der Waals surface area contributed by atoms with Gasteiger partial charge in [0.1, 0.15) is 0 Å². The number of hydrogen-bond acceptors (Lipinski definition) is 4. The van der Waals surface area contributed by atoms with Crippen molar-refractivity contribution in [2.45, 2.75) is 6.92 Å². The highest BCUT2D eigenvalue weighted by atomic mass is 31.2. The topological polar surface area (TPSA) is 113 Å². The lowest BCUT2D eigenvalue weighted by Gasteiger charge is -1.98. The molecule has 70 valence electrons. The summed E-state index contributed by atoms with van der Waals surface area (Å²) in [5.41, 5.74) is 4.78. The van der Waals surface area contributed by atoms with Gasteiger partial charge in [-0.1, -0.05) is 0 Å². The first-order valence-electron chi connectivity index (χ1n) is 2.99. The average molecular weight is 187 g/mol. The lowest BCUT2D eigenvalue weighted by atomic mass is 10.8. The van der Waals surface area contributed by atoms with Crippen molar-refractivity contribution in [3.63, 3.8) is 0 Å². The van der Waals surface area contributed by atoms with Crippen molar-refractivity contribution in [2.75, 3.05) is 19.8 Å². The molecule has 6 nitrogen and oxygen atoms in total. The Labute approximate surface area is 65.2 Å². The standard InChI is InChI=1S/C2H7NO.C2H7O4P/c3-1-2-4;1-2-6-7(3,4)5/h4H,1-3H2;2H2,1H3,(H2,3,4,5). The van der Waals surface area contributed by atoms with Crippen LogP contribution in [-0.4, -0.2) is 34.7 Å². The summed E-state index contributed by atoms with van der Waals surface area (Å²) in [6.45, 7) is 2.03. The van der Waals surface area contributed by atoms with Gasteiger partial charge in [0.05, 0.1) is 13.2 Å². The van der Waals surface area contributed by atoms with Gasteiger partial charge in [-0.15, -0.1) is 0 Å². The van der Waals surface area contributed by atoms with Gasteiger partial charge in [0.25, 0.3) is 0 Å². The fourth-order valence-corrected chi connectivity index (χ4v) is 0.505. The number of aliphatic hydroxyl groups is 1. The van der Waals surface area contributed by atoms with E-state index in [1.807, 2.05) is 0 Å². The molecule has 11 heavy (non-hydrogen) atoms. The molecule has 5 N–H and O–H groups in total. The summed E-state index contributed by atoms with van der Waals surface area (Å²) < 4.78 is 13.6. The second-order valence-electron chi connectivity index (χ2n) is 1.42. The molecule has 0 aliphatic rings. The van der Waals surface area contributed by atoms with Crippen molar-refractivity contribution in [1.29, 1.82) is 0 Å². The van der Waals surface area contributed by atoms with E-state index in [0.717, 1.165) is 0 Å². The minimum Gasteiger partial charge on any atom is -0.395 e. The molecule has 0 saturated heterocycles. The van der Waals surface area contributed by atoms with Gasteiger partial charge >= 0.3 is 7.82 Å². The first kappa shape index (κ1) is 13.6. The Bertz CT molecular complexity index is 111. The maximum Gasteiger partial charge on any atom is 0.469 e. The molecular weight excluding hydrogens is 173 g/mol. The molecule has 0 saturated carbocycles. The summed E-state index contributed by atoms with van der Waals surface area (Å²) in [6.07, 6.45) is 0. The number of aliphatic hydroxyl groups excluding tert-OH is 1. The molecule has 0 radical (unpaired) electrons. The molecule has 0 aliphatic heterocycles. The second kappa shape index (κ2) is 8.13. The SMILES string of the molecule is CCOP(=O)(O)O.NCCO.